The van der Waals surface area contributed by atoms with Crippen molar-refractivity contribution in [1.29, 1.82) is 0 Å². The van der Waals surface area contributed by atoms with Crippen molar-refractivity contribution in [3.8, 4) is 0 Å². The molecule has 1 aromatic rings. The number of aromatic carboxylic acids is 1. The van der Waals surface area contributed by atoms with E-state index in [4.69, 9.17) is 9.84 Å². The van der Waals surface area contributed by atoms with Crippen molar-refractivity contribution in [1.82, 2.24) is 0 Å². The Labute approximate surface area is 87.5 Å². The van der Waals surface area contributed by atoms with Crippen molar-refractivity contribution in [2.45, 2.75) is 6.92 Å². The minimum absolute atomic E-state index is 0.0143. The van der Waals surface area contributed by atoms with Gasteiger partial charge in [0.1, 0.15) is 6.61 Å². The van der Waals surface area contributed by atoms with Crippen LogP contribution in [0.4, 0.5) is 0 Å². The maximum atomic E-state index is 11.5. The standard InChI is InChI=1S/C11H12O4/c1-2-15-7-10(12)8-4-3-5-9(6-8)11(13)14/h3-6H,2,7H2,1H3,(H,13,14). The van der Waals surface area contributed by atoms with Gasteiger partial charge in [-0.15, -0.1) is 0 Å². The van der Waals surface area contributed by atoms with Crippen LogP contribution in [0.2, 0.25) is 0 Å². The summed E-state index contributed by atoms with van der Waals surface area (Å²) >= 11 is 0. The molecule has 0 radical (unpaired) electrons. The molecule has 0 aliphatic heterocycles. The third-order valence-corrected chi connectivity index (χ3v) is 1.87. The lowest BCUT2D eigenvalue weighted by Crippen LogP contribution is -2.09. The Morgan fingerprint density at radius 2 is 2.00 bits per heavy atom. The SMILES string of the molecule is CCOCC(=O)c1cccc(C(=O)O)c1. The van der Waals surface area contributed by atoms with E-state index >= 15 is 0 Å². The van der Waals surface area contributed by atoms with Crippen LogP contribution in [-0.2, 0) is 4.74 Å². The van der Waals surface area contributed by atoms with Crippen LogP contribution in [0, 0.1) is 0 Å². The highest BCUT2D eigenvalue weighted by Crippen LogP contribution is 2.06. The summed E-state index contributed by atoms with van der Waals surface area (Å²) in [5.74, 6) is -1.25. The smallest absolute Gasteiger partial charge is 0.335 e. The Bertz CT molecular complexity index is 371. The largest absolute Gasteiger partial charge is 0.478 e. The molecule has 1 N–H and O–H groups in total. The predicted octanol–water partition coefficient (Wildman–Crippen LogP) is 1.60. The van der Waals surface area contributed by atoms with Crippen LogP contribution in [-0.4, -0.2) is 30.1 Å². The van der Waals surface area contributed by atoms with Gasteiger partial charge in [0.05, 0.1) is 5.56 Å². The monoisotopic (exact) mass is 208 g/mol. The van der Waals surface area contributed by atoms with Crippen LogP contribution in [0.3, 0.4) is 0 Å². The topological polar surface area (TPSA) is 63.6 Å². The molecule has 0 aliphatic rings. The zero-order valence-corrected chi connectivity index (χ0v) is 8.40. The molecule has 0 aliphatic carbocycles. The van der Waals surface area contributed by atoms with E-state index in [9.17, 15) is 9.59 Å². The van der Waals surface area contributed by atoms with Gasteiger partial charge < -0.3 is 9.84 Å². The van der Waals surface area contributed by atoms with E-state index in [0.717, 1.165) is 0 Å². The highest BCUT2D eigenvalue weighted by molar-refractivity contribution is 5.99. The van der Waals surface area contributed by atoms with Gasteiger partial charge in [-0.2, -0.15) is 0 Å². The molecule has 0 spiro atoms. The quantitative estimate of drug-likeness (QED) is 0.746. The van der Waals surface area contributed by atoms with Crippen LogP contribution in [0.1, 0.15) is 27.6 Å². The fourth-order valence-corrected chi connectivity index (χ4v) is 1.10. The summed E-state index contributed by atoms with van der Waals surface area (Å²) in [6, 6.07) is 5.92. The summed E-state index contributed by atoms with van der Waals surface area (Å²) in [4.78, 5) is 22.1. The van der Waals surface area contributed by atoms with E-state index in [-0.39, 0.29) is 18.0 Å². The fraction of sp³-hybridized carbons (Fsp3) is 0.273. The molecular weight excluding hydrogens is 196 g/mol. The number of carbonyl (C=O) groups excluding carboxylic acids is 1. The van der Waals surface area contributed by atoms with Crippen molar-refractivity contribution < 1.29 is 19.4 Å². The van der Waals surface area contributed by atoms with Crippen molar-refractivity contribution >= 4 is 11.8 Å². The second-order valence-corrected chi connectivity index (χ2v) is 2.95. The molecule has 0 unspecified atom stereocenters. The number of Topliss-reactive ketones (excluding diaryl/α,β-unsaturated/α-hetero) is 1. The number of hydrogen-bond acceptors (Lipinski definition) is 3. The lowest BCUT2D eigenvalue weighted by molar-refractivity contribution is 0.0697. The van der Waals surface area contributed by atoms with Gasteiger partial charge in [0, 0.05) is 12.2 Å². The highest BCUT2D eigenvalue weighted by atomic mass is 16.5. The lowest BCUT2D eigenvalue weighted by Gasteiger charge is -2.02. The zero-order valence-electron chi connectivity index (χ0n) is 8.40. The van der Waals surface area contributed by atoms with Crippen LogP contribution in [0.5, 0.6) is 0 Å². The zero-order chi connectivity index (χ0) is 11.3. The van der Waals surface area contributed by atoms with E-state index in [1.165, 1.54) is 12.1 Å². The van der Waals surface area contributed by atoms with E-state index in [1.807, 2.05) is 0 Å². The molecule has 15 heavy (non-hydrogen) atoms. The number of carboxylic acid groups (broad SMARTS) is 1. The van der Waals surface area contributed by atoms with Crippen LogP contribution in [0.15, 0.2) is 24.3 Å². The van der Waals surface area contributed by atoms with Crippen LogP contribution in [0.25, 0.3) is 0 Å². The van der Waals surface area contributed by atoms with E-state index < -0.39 is 5.97 Å². The summed E-state index contributed by atoms with van der Waals surface area (Å²) in [5, 5.41) is 8.72. The minimum Gasteiger partial charge on any atom is -0.478 e. The molecule has 0 saturated carbocycles. The number of ketones is 1. The second kappa shape index (κ2) is 5.26. The third-order valence-electron chi connectivity index (χ3n) is 1.87. The molecule has 1 aromatic carbocycles. The lowest BCUT2D eigenvalue weighted by atomic mass is 10.1. The minimum atomic E-state index is -1.04. The van der Waals surface area contributed by atoms with E-state index in [0.29, 0.717) is 12.2 Å². The maximum absolute atomic E-state index is 11.5. The molecule has 4 nitrogen and oxygen atoms in total. The number of carbonyl (C=O) groups is 2. The molecule has 0 atom stereocenters. The summed E-state index contributed by atoms with van der Waals surface area (Å²) in [5.41, 5.74) is 0.473. The molecule has 4 heteroatoms. The molecular formula is C11H12O4. The summed E-state index contributed by atoms with van der Waals surface area (Å²) in [7, 11) is 0. The summed E-state index contributed by atoms with van der Waals surface area (Å²) < 4.78 is 4.95. The van der Waals surface area contributed by atoms with E-state index in [1.54, 1.807) is 19.1 Å². The number of rotatable bonds is 5. The number of benzene rings is 1. The molecule has 0 aromatic heterocycles. The third kappa shape index (κ3) is 3.18. The highest BCUT2D eigenvalue weighted by Gasteiger charge is 2.08. The Morgan fingerprint density at radius 3 is 2.60 bits per heavy atom. The fourth-order valence-electron chi connectivity index (χ4n) is 1.10. The van der Waals surface area contributed by atoms with Gasteiger partial charge in [0.2, 0.25) is 0 Å². The Balaban J connectivity index is 2.81. The Hall–Kier alpha value is -1.68. The predicted molar refractivity (Wildman–Crippen MR) is 54.2 cm³/mol. The van der Waals surface area contributed by atoms with Crippen LogP contribution >= 0.6 is 0 Å². The van der Waals surface area contributed by atoms with Gasteiger partial charge in [-0.1, -0.05) is 12.1 Å². The van der Waals surface area contributed by atoms with Gasteiger partial charge in [0.15, 0.2) is 5.78 Å². The van der Waals surface area contributed by atoms with Gasteiger partial charge in [-0.3, -0.25) is 4.79 Å². The maximum Gasteiger partial charge on any atom is 0.335 e. The van der Waals surface area contributed by atoms with Gasteiger partial charge in [-0.25, -0.2) is 4.79 Å². The molecule has 0 fully saturated rings. The first kappa shape index (κ1) is 11.4. The average molecular weight is 208 g/mol. The summed E-state index contributed by atoms with van der Waals surface area (Å²) in [6.07, 6.45) is 0. The molecule has 1 rings (SSSR count). The first-order valence-corrected chi connectivity index (χ1v) is 4.59. The molecule has 80 valence electrons. The molecule has 0 heterocycles. The average Bonchev–Trinajstić information content (AvgIpc) is 2.26. The number of hydrogen-bond donors (Lipinski definition) is 1. The second-order valence-electron chi connectivity index (χ2n) is 2.95. The molecule has 0 amide bonds. The van der Waals surface area contributed by atoms with Gasteiger partial charge >= 0.3 is 5.97 Å². The van der Waals surface area contributed by atoms with Gasteiger partial charge in [0.25, 0.3) is 0 Å². The van der Waals surface area contributed by atoms with E-state index in [2.05, 4.69) is 0 Å². The first-order valence-electron chi connectivity index (χ1n) is 4.59. The van der Waals surface area contributed by atoms with Crippen molar-refractivity contribution in [3.05, 3.63) is 35.4 Å². The Morgan fingerprint density at radius 1 is 1.33 bits per heavy atom. The normalized spacial score (nSPS) is 9.93. The van der Waals surface area contributed by atoms with Crippen molar-refractivity contribution in [2.24, 2.45) is 0 Å². The Kier molecular flexibility index (Phi) is 4.00. The first-order chi connectivity index (χ1) is 7.15. The van der Waals surface area contributed by atoms with Crippen molar-refractivity contribution in [3.63, 3.8) is 0 Å². The molecule has 0 saturated heterocycles. The molecule has 0 bridgehead atoms. The van der Waals surface area contributed by atoms with Gasteiger partial charge in [-0.05, 0) is 19.1 Å². The summed E-state index contributed by atoms with van der Waals surface area (Å²) in [6.45, 7) is 2.24. The number of carboxylic acids is 1. The van der Waals surface area contributed by atoms with Crippen LogP contribution < -0.4 is 0 Å². The van der Waals surface area contributed by atoms with Crippen molar-refractivity contribution in [2.75, 3.05) is 13.2 Å². The number of ether oxygens (including phenoxy) is 1.